The average molecular weight is 339 g/mol. The van der Waals surface area contributed by atoms with E-state index in [1.165, 1.54) is 24.0 Å². The molecule has 1 amide bonds. The fourth-order valence-corrected chi connectivity index (χ4v) is 2.76. The predicted octanol–water partition coefficient (Wildman–Crippen LogP) is 3.86. The Morgan fingerprint density at radius 3 is 2.17 bits per heavy atom. The van der Waals surface area contributed by atoms with E-state index < -0.39 is 0 Å². The summed E-state index contributed by atoms with van der Waals surface area (Å²) in [6.07, 6.45) is 3.50. The summed E-state index contributed by atoms with van der Waals surface area (Å²) >= 11 is 0. The van der Waals surface area contributed by atoms with Crippen LogP contribution in [0.4, 0.5) is 0 Å². The van der Waals surface area contributed by atoms with E-state index in [9.17, 15) is 4.79 Å². The number of nitrogens with two attached hydrogens (primary N) is 1. The Kier molecular flexibility index (Phi) is 7.56. The van der Waals surface area contributed by atoms with Gasteiger partial charge in [0, 0.05) is 12.0 Å². The van der Waals surface area contributed by atoms with Crippen molar-refractivity contribution in [1.82, 2.24) is 5.32 Å². The number of hydrogen-bond acceptors (Lipinski definition) is 2. The number of rotatable bonds is 7. The second kappa shape index (κ2) is 8.70. The first-order chi connectivity index (χ1) is 10.4. The summed E-state index contributed by atoms with van der Waals surface area (Å²) in [6, 6.07) is 8.78. The lowest BCUT2D eigenvalue weighted by Crippen LogP contribution is -2.40. The second-order valence-corrected chi connectivity index (χ2v) is 7.31. The maximum absolute atomic E-state index is 12.3. The summed E-state index contributed by atoms with van der Waals surface area (Å²) in [5, 5.41) is 3.22. The van der Waals surface area contributed by atoms with Crippen molar-refractivity contribution in [3.8, 4) is 0 Å². The number of amides is 1. The summed E-state index contributed by atoms with van der Waals surface area (Å²) in [7, 11) is 0. The number of halogens is 1. The molecule has 1 aromatic rings. The van der Waals surface area contributed by atoms with Gasteiger partial charge in [0.1, 0.15) is 0 Å². The van der Waals surface area contributed by atoms with E-state index in [1.807, 2.05) is 13.8 Å². The van der Waals surface area contributed by atoms with Crippen LogP contribution in [0.5, 0.6) is 0 Å². The second-order valence-electron chi connectivity index (χ2n) is 7.31. The van der Waals surface area contributed by atoms with Gasteiger partial charge in [-0.1, -0.05) is 45.0 Å². The predicted molar refractivity (Wildman–Crippen MR) is 98.7 cm³/mol. The SMILES string of the molecule is CC(C)Cc1ccc(C(NC(=O)C(C)C(C)N)C2CC2)cc1.Cl. The molecule has 130 valence electrons. The Bertz CT molecular complexity index is 495. The van der Waals surface area contributed by atoms with Crippen LogP contribution in [0.25, 0.3) is 0 Å². The van der Waals surface area contributed by atoms with E-state index in [4.69, 9.17) is 5.73 Å². The van der Waals surface area contributed by atoms with Gasteiger partial charge in [-0.25, -0.2) is 0 Å². The summed E-state index contributed by atoms with van der Waals surface area (Å²) < 4.78 is 0. The highest BCUT2D eigenvalue weighted by Crippen LogP contribution is 2.41. The van der Waals surface area contributed by atoms with Crippen LogP contribution in [0.2, 0.25) is 0 Å². The molecule has 3 nitrogen and oxygen atoms in total. The molecule has 0 heterocycles. The van der Waals surface area contributed by atoms with Crippen molar-refractivity contribution in [3.05, 3.63) is 35.4 Å². The van der Waals surface area contributed by atoms with Gasteiger partial charge in [0.15, 0.2) is 0 Å². The monoisotopic (exact) mass is 338 g/mol. The molecule has 0 aliphatic heterocycles. The lowest BCUT2D eigenvalue weighted by Gasteiger charge is -2.23. The van der Waals surface area contributed by atoms with E-state index in [2.05, 4.69) is 43.4 Å². The number of carbonyl (C=O) groups excluding carboxylic acids is 1. The number of nitrogens with one attached hydrogen (secondary N) is 1. The largest absolute Gasteiger partial charge is 0.349 e. The zero-order valence-electron chi connectivity index (χ0n) is 14.7. The van der Waals surface area contributed by atoms with Crippen LogP contribution in [0.15, 0.2) is 24.3 Å². The highest BCUT2D eigenvalue weighted by molar-refractivity contribution is 5.85. The van der Waals surface area contributed by atoms with Crippen molar-refractivity contribution in [1.29, 1.82) is 0 Å². The van der Waals surface area contributed by atoms with Gasteiger partial charge in [-0.05, 0) is 49.1 Å². The molecule has 0 spiro atoms. The smallest absolute Gasteiger partial charge is 0.224 e. The fraction of sp³-hybridized carbons (Fsp3) is 0.632. The maximum atomic E-state index is 12.3. The molecule has 1 saturated carbocycles. The first-order valence-corrected chi connectivity index (χ1v) is 8.53. The molecule has 3 atom stereocenters. The molecule has 1 fully saturated rings. The first-order valence-electron chi connectivity index (χ1n) is 8.53. The van der Waals surface area contributed by atoms with E-state index in [1.54, 1.807) is 0 Å². The van der Waals surface area contributed by atoms with E-state index in [0.29, 0.717) is 11.8 Å². The van der Waals surface area contributed by atoms with E-state index in [0.717, 1.165) is 6.42 Å². The quantitative estimate of drug-likeness (QED) is 0.793. The summed E-state index contributed by atoms with van der Waals surface area (Å²) in [5.74, 6) is 1.16. The Morgan fingerprint density at radius 1 is 1.17 bits per heavy atom. The standard InChI is InChI=1S/C19H30N2O.ClH/c1-12(2)11-15-5-7-16(8-6-15)18(17-9-10-17)21-19(22)13(3)14(4)20;/h5-8,12-14,17-18H,9-11,20H2,1-4H3,(H,21,22);1H. The molecule has 1 aromatic carbocycles. The van der Waals surface area contributed by atoms with Crippen molar-refractivity contribution in [3.63, 3.8) is 0 Å². The minimum absolute atomic E-state index is 0. The first kappa shape index (κ1) is 20.0. The third-order valence-corrected chi connectivity index (χ3v) is 4.58. The Balaban J connectivity index is 0.00000264. The zero-order valence-corrected chi connectivity index (χ0v) is 15.5. The van der Waals surface area contributed by atoms with Crippen molar-refractivity contribution in [2.45, 2.75) is 59.0 Å². The highest BCUT2D eigenvalue weighted by Gasteiger charge is 2.34. The number of carbonyl (C=O) groups is 1. The minimum Gasteiger partial charge on any atom is -0.349 e. The summed E-state index contributed by atoms with van der Waals surface area (Å²) in [6.45, 7) is 8.25. The Hall–Kier alpha value is -1.06. The van der Waals surface area contributed by atoms with Crippen molar-refractivity contribution >= 4 is 18.3 Å². The van der Waals surface area contributed by atoms with Crippen LogP contribution < -0.4 is 11.1 Å². The Morgan fingerprint density at radius 2 is 1.74 bits per heavy atom. The molecule has 0 saturated heterocycles. The van der Waals surface area contributed by atoms with Crippen LogP contribution in [0.1, 0.15) is 57.7 Å². The van der Waals surface area contributed by atoms with Crippen LogP contribution in [-0.2, 0) is 11.2 Å². The third-order valence-electron chi connectivity index (χ3n) is 4.58. The van der Waals surface area contributed by atoms with E-state index >= 15 is 0 Å². The van der Waals surface area contributed by atoms with Gasteiger partial charge in [-0.2, -0.15) is 0 Å². The number of hydrogen-bond donors (Lipinski definition) is 2. The average Bonchev–Trinajstić information content (AvgIpc) is 3.28. The molecule has 1 aliphatic rings. The normalized spacial score (nSPS) is 18.0. The highest BCUT2D eigenvalue weighted by atomic mass is 35.5. The lowest BCUT2D eigenvalue weighted by molar-refractivity contribution is -0.125. The molecule has 0 bridgehead atoms. The molecule has 1 aliphatic carbocycles. The molecule has 3 unspecified atom stereocenters. The topological polar surface area (TPSA) is 55.1 Å². The zero-order chi connectivity index (χ0) is 16.3. The molecular weight excluding hydrogens is 308 g/mol. The molecular formula is C19H31ClN2O. The van der Waals surface area contributed by atoms with Gasteiger partial charge in [0.2, 0.25) is 5.91 Å². The summed E-state index contributed by atoms with van der Waals surface area (Å²) in [5.41, 5.74) is 8.44. The van der Waals surface area contributed by atoms with Crippen LogP contribution >= 0.6 is 12.4 Å². The van der Waals surface area contributed by atoms with Gasteiger partial charge in [-0.3, -0.25) is 4.79 Å². The fourth-order valence-electron chi connectivity index (χ4n) is 2.76. The molecule has 0 aromatic heterocycles. The Labute approximate surface area is 146 Å². The van der Waals surface area contributed by atoms with Gasteiger partial charge in [0.05, 0.1) is 6.04 Å². The van der Waals surface area contributed by atoms with Gasteiger partial charge >= 0.3 is 0 Å². The molecule has 0 radical (unpaired) electrons. The summed E-state index contributed by atoms with van der Waals surface area (Å²) in [4.78, 5) is 12.3. The van der Waals surface area contributed by atoms with Crippen LogP contribution in [0.3, 0.4) is 0 Å². The molecule has 4 heteroatoms. The maximum Gasteiger partial charge on any atom is 0.224 e. The van der Waals surface area contributed by atoms with Gasteiger partial charge in [0.25, 0.3) is 0 Å². The van der Waals surface area contributed by atoms with Crippen LogP contribution in [-0.4, -0.2) is 11.9 Å². The third kappa shape index (κ3) is 5.82. The van der Waals surface area contributed by atoms with Crippen molar-refractivity contribution < 1.29 is 4.79 Å². The molecule has 23 heavy (non-hydrogen) atoms. The minimum atomic E-state index is -0.151. The van der Waals surface area contributed by atoms with E-state index in [-0.39, 0.29) is 36.3 Å². The van der Waals surface area contributed by atoms with Gasteiger partial charge < -0.3 is 11.1 Å². The van der Waals surface area contributed by atoms with Gasteiger partial charge in [-0.15, -0.1) is 12.4 Å². The number of benzene rings is 1. The molecule has 3 N–H and O–H groups in total. The molecule has 2 rings (SSSR count). The van der Waals surface area contributed by atoms with Crippen molar-refractivity contribution in [2.24, 2.45) is 23.5 Å². The van der Waals surface area contributed by atoms with Crippen molar-refractivity contribution in [2.75, 3.05) is 0 Å². The van der Waals surface area contributed by atoms with Crippen LogP contribution in [0, 0.1) is 17.8 Å². The lowest BCUT2D eigenvalue weighted by atomic mass is 9.96.